The van der Waals surface area contributed by atoms with E-state index in [0.29, 0.717) is 0 Å². The van der Waals surface area contributed by atoms with Crippen molar-refractivity contribution < 1.29 is 13.6 Å². The van der Waals surface area contributed by atoms with Gasteiger partial charge in [0.05, 0.1) is 25.5 Å². The van der Waals surface area contributed by atoms with Crippen molar-refractivity contribution in [2.75, 3.05) is 45.9 Å². The molecule has 1 fully saturated rings. The first-order valence-electron chi connectivity index (χ1n) is 11.1. The maximum absolute atomic E-state index is 6.02. The van der Waals surface area contributed by atoms with Gasteiger partial charge in [-0.3, -0.25) is 9.89 Å². The second-order valence-electron chi connectivity index (χ2n) is 7.85. The van der Waals surface area contributed by atoms with Crippen LogP contribution < -0.4 is 10.6 Å². The number of fused-ring (bicyclic) bond motifs is 1. The number of morpholine rings is 1. The summed E-state index contributed by atoms with van der Waals surface area (Å²) >= 11 is 0. The lowest BCUT2D eigenvalue weighted by atomic mass is 10.2. The lowest BCUT2D eigenvalue weighted by Crippen LogP contribution is -2.40. The van der Waals surface area contributed by atoms with Crippen LogP contribution in [0.2, 0.25) is 0 Å². The van der Waals surface area contributed by atoms with Gasteiger partial charge >= 0.3 is 0 Å². The van der Waals surface area contributed by atoms with Crippen LogP contribution in [0, 0.1) is 0 Å². The van der Waals surface area contributed by atoms with Crippen LogP contribution in [0.15, 0.2) is 62.6 Å². The summed E-state index contributed by atoms with van der Waals surface area (Å²) in [6.07, 6.45) is 3.53. The van der Waals surface area contributed by atoms with Crippen molar-refractivity contribution >= 4 is 16.9 Å². The van der Waals surface area contributed by atoms with Gasteiger partial charge < -0.3 is 24.2 Å². The number of furan rings is 2. The Hall–Kier alpha value is -2.77. The van der Waals surface area contributed by atoms with Gasteiger partial charge in [-0.1, -0.05) is 18.2 Å². The number of aliphatic imine (C=N–C) groups is 1. The molecule has 0 amide bonds. The topological polar surface area (TPSA) is 75.2 Å². The van der Waals surface area contributed by atoms with Crippen LogP contribution in [-0.4, -0.2) is 56.8 Å². The molecule has 3 heterocycles. The fraction of sp³-hybridized carbons (Fsp3) is 0.458. The Morgan fingerprint density at radius 2 is 2.03 bits per heavy atom. The Bertz CT molecular complexity index is 912. The molecule has 1 saturated heterocycles. The summed E-state index contributed by atoms with van der Waals surface area (Å²) in [7, 11) is 0. The van der Waals surface area contributed by atoms with Crippen molar-refractivity contribution in [2.24, 2.45) is 4.99 Å². The molecule has 1 aliphatic heterocycles. The molecule has 7 heteroatoms. The summed E-state index contributed by atoms with van der Waals surface area (Å²) in [5.41, 5.74) is 0.904. The predicted octanol–water partition coefficient (Wildman–Crippen LogP) is 3.59. The molecule has 0 saturated carbocycles. The highest BCUT2D eigenvalue weighted by molar-refractivity contribution is 5.81. The first-order chi connectivity index (χ1) is 15.3. The van der Waals surface area contributed by atoms with Crippen molar-refractivity contribution in [3.05, 3.63) is 60.2 Å². The Kier molecular flexibility index (Phi) is 7.63. The van der Waals surface area contributed by atoms with E-state index in [0.717, 1.165) is 87.2 Å². The minimum absolute atomic E-state index is 0.00139. The highest BCUT2D eigenvalue weighted by Crippen LogP contribution is 2.23. The van der Waals surface area contributed by atoms with E-state index in [4.69, 9.17) is 18.6 Å². The molecule has 0 bridgehead atoms. The summed E-state index contributed by atoms with van der Waals surface area (Å²) in [5, 5.41) is 8.04. The summed E-state index contributed by atoms with van der Waals surface area (Å²) in [6.45, 7) is 8.34. The van der Waals surface area contributed by atoms with Gasteiger partial charge in [0.15, 0.2) is 5.96 Å². The summed E-state index contributed by atoms with van der Waals surface area (Å²) < 4.78 is 16.9. The van der Waals surface area contributed by atoms with Crippen LogP contribution in [0.1, 0.15) is 30.9 Å². The van der Waals surface area contributed by atoms with Crippen molar-refractivity contribution in [3.8, 4) is 0 Å². The Morgan fingerprint density at radius 3 is 2.84 bits per heavy atom. The van der Waals surface area contributed by atoms with Crippen molar-refractivity contribution in [2.45, 2.75) is 25.8 Å². The van der Waals surface area contributed by atoms with E-state index in [1.165, 1.54) is 0 Å². The second kappa shape index (κ2) is 11.0. The average molecular weight is 425 g/mol. The zero-order valence-electron chi connectivity index (χ0n) is 18.2. The zero-order valence-corrected chi connectivity index (χ0v) is 18.2. The summed E-state index contributed by atoms with van der Waals surface area (Å²) in [4.78, 5) is 7.25. The number of nitrogens with one attached hydrogen (secondary N) is 2. The van der Waals surface area contributed by atoms with Crippen LogP contribution >= 0.6 is 0 Å². The second-order valence-corrected chi connectivity index (χ2v) is 7.85. The van der Waals surface area contributed by atoms with Gasteiger partial charge in [0.1, 0.15) is 17.1 Å². The van der Waals surface area contributed by atoms with Crippen molar-refractivity contribution in [3.63, 3.8) is 0 Å². The molecule has 166 valence electrons. The number of para-hydroxylation sites is 1. The zero-order chi connectivity index (χ0) is 21.3. The molecule has 0 spiro atoms. The van der Waals surface area contributed by atoms with Gasteiger partial charge in [-0.15, -0.1) is 0 Å². The minimum atomic E-state index is 0.00139. The quantitative estimate of drug-likeness (QED) is 0.311. The third kappa shape index (κ3) is 6.35. The minimum Gasteiger partial charge on any atom is -0.469 e. The fourth-order valence-electron chi connectivity index (χ4n) is 3.71. The largest absolute Gasteiger partial charge is 0.469 e. The molecule has 3 aromatic rings. The fourth-order valence-corrected chi connectivity index (χ4v) is 3.71. The number of ether oxygens (including phenoxy) is 1. The van der Waals surface area contributed by atoms with E-state index in [-0.39, 0.29) is 6.04 Å². The predicted molar refractivity (Wildman–Crippen MR) is 122 cm³/mol. The Balaban J connectivity index is 1.34. The molecular formula is C24H32N4O3. The average Bonchev–Trinajstić information content (AvgIpc) is 3.47. The van der Waals surface area contributed by atoms with Gasteiger partial charge in [0.25, 0.3) is 0 Å². The number of hydrogen-bond acceptors (Lipinski definition) is 5. The molecule has 1 aliphatic rings. The number of nitrogens with zero attached hydrogens (tertiary/aromatic N) is 2. The van der Waals surface area contributed by atoms with E-state index < -0.39 is 0 Å². The maximum atomic E-state index is 6.02. The van der Waals surface area contributed by atoms with E-state index in [1.807, 2.05) is 30.3 Å². The molecule has 1 atom stereocenters. The molecule has 1 unspecified atom stereocenters. The number of benzene rings is 1. The van der Waals surface area contributed by atoms with Gasteiger partial charge in [0.2, 0.25) is 0 Å². The van der Waals surface area contributed by atoms with Gasteiger partial charge in [-0.05, 0) is 37.6 Å². The van der Waals surface area contributed by atoms with Crippen LogP contribution in [0.25, 0.3) is 11.0 Å². The molecule has 31 heavy (non-hydrogen) atoms. The molecule has 2 aromatic heterocycles. The number of hydrogen-bond donors (Lipinski definition) is 2. The van der Waals surface area contributed by atoms with Crippen LogP contribution in [0.4, 0.5) is 0 Å². The molecule has 7 nitrogen and oxygen atoms in total. The molecule has 2 N–H and O–H groups in total. The molecular weight excluding hydrogens is 392 g/mol. The highest BCUT2D eigenvalue weighted by Gasteiger charge is 2.14. The van der Waals surface area contributed by atoms with Crippen molar-refractivity contribution in [1.29, 1.82) is 0 Å². The Labute approximate surface area is 183 Å². The van der Waals surface area contributed by atoms with E-state index in [1.54, 1.807) is 6.26 Å². The lowest BCUT2D eigenvalue weighted by molar-refractivity contribution is 0.0377. The summed E-state index contributed by atoms with van der Waals surface area (Å²) in [5.74, 6) is 2.65. The number of guanidine groups is 1. The van der Waals surface area contributed by atoms with Gasteiger partial charge in [0, 0.05) is 44.5 Å². The molecule has 0 radical (unpaired) electrons. The maximum Gasteiger partial charge on any atom is 0.191 e. The van der Waals surface area contributed by atoms with Gasteiger partial charge in [-0.2, -0.15) is 0 Å². The third-order valence-electron chi connectivity index (χ3n) is 5.47. The highest BCUT2D eigenvalue weighted by atomic mass is 16.5. The monoisotopic (exact) mass is 424 g/mol. The normalized spacial score (nSPS) is 16.5. The first-order valence-corrected chi connectivity index (χ1v) is 11.1. The molecule has 1 aromatic carbocycles. The van der Waals surface area contributed by atoms with E-state index >= 15 is 0 Å². The third-order valence-corrected chi connectivity index (χ3v) is 5.47. The van der Waals surface area contributed by atoms with E-state index in [9.17, 15) is 0 Å². The molecule has 0 aliphatic carbocycles. The van der Waals surface area contributed by atoms with Crippen LogP contribution in [0.5, 0.6) is 0 Å². The smallest absolute Gasteiger partial charge is 0.191 e. The van der Waals surface area contributed by atoms with Crippen molar-refractivity contribution in [1.82, 2.24) is 15.5 Å². The van der Waals surface area contributed by atoms with E-state index in [2.05, 4.69) is 34.6 Å². The Morgan fingerprint density at radius 1 is 1.16 bits per heavy atom. The number of rotatable bonds is 9. The lowest BCUT2D eigenvalue weighted by Gasteiger charge is -2.26. The van der Waals surface area contributed by atoms with Crippen LogP contribution in [-0.2, 0) is 11.2 Å². The standard InChI is InChI=1S/C24H32N4O3/c1-19(23-18-20-6-2-3-8-22(20)31-23)27-24(26-11-9-21-7-4-15-30-21)25-10-5-12-28-13-16-29-17-14-28/h2-4,6-8,15,18-19H,5,9-14,16-17H2,1H3,(H2,25,26,27). The van der Waals surface area contributed by atoms with Gasteiger partial charge in [-0.25, -0.2) is 0 Å². The first kappa shape index (κ1) is 21.5. The van der Waals surface area contributed by atoms with Crippen LogP contribution in [0.3, 0.4) is 0 Å². The SMILES string of the molecule is CC(NC(=NCCCN1CCOCC1)NCCc1ccco1)c1cc2ccccc2o1. The molecule has 4 rings (SSSR count). The summed E-state index contributed by atoms with van der Waals surface area (Å²) in [6, 6.07) is 14.1.